The number of hydrogen-bond donors (Lipinski definition) is 1. The summed E-state index contributed by atoms with van der Waals surface area (Å²) >= 11 is 0. The van der Waals surface area contributed by atoms with E-state index in [1.165, 1.54) is 0 Å². The van der Waals surface area contributed by atoms with Crippen LogP contribution < -0.4 is 5.56 Å². The number of aromatic nitrogens is 1. The van der Waals surface area contributed by atoms with Gasteiger partial charge in [0.25, 0.3) is 5.56 Å². The van der Waals surface area contributed by atoms with E-state index in [9.17, 15) is 4.79 Å². The zero-order chi connectivity index (χ0) is 15.5. The van der Waals surface area contributed by atoms with E-state index in [-0.39, 0.29) is 11.7 Å². The number of ether oxygens (including phenoxy) is 1. The van der Waals surface area contributed by atoms with Crippen LogP contribution in [-0.4, -0.2) is 11.6 Å². The van der Waals surface area contributed by atoms with Crippen molar-refractivity contribution in [1.82, 2.24) is 4.98 Å². The van der Waals surface area contributed by atoms with E-state index in [0.29, 0.717) is 12.0 Å². The molecule has 0 unspecified atom stereocenters. The quantitative estimate of drug-likeness (QED) is 0.779. The number of fused-ring (bicyclic) bond motifs is 1. The van der Waals surface area contributed by atoms with Crippen molar-refractivity contribution >= 4 is 10.8 Å². The fourth-order valence-electron chi connectivity index (χ4n) is 2.66. The average Bonchev–Trinajstić information content (AvgIpc) is 2.55. The molecule has 0 saturated carbocycles. The second-order valence-electron chi connectivity index (χ2n) is 5.33. The maximum Gasteiger partial charge on any atom is 0.255 e. The number of H-pyrrole nitrogens is 1. The van der Waals surface area contributed by atoms with Crippen LogP contribution in [0.4, 0.5) is 0 Å². The van der Waals surface area contributed by atoms with E-state index in [4.69, 9.17) is 4.74 Å². The van der Waals surface area contributed by atoms with Crippen LogP contribution in [0.25, 0.3) is 21.9 Å². The molecule has 0 saturated heterocycles. The number of hydrogen-bond acceptors (Lipinski definition) is 2. The lowest BCUT2D eigenvalue weighted by Crippen LogP contribution is -2.04. The third-order valence-corrected chi connectivity index (χ3v) is 3.91. The van der Waals surface area contributed by atoms with Crippen molar-refractivity contribution < 1.29 is 4.74 Å². The van der Waals surface area contributed by atoms with Gasteiger partial charge < -0.3 is 9.72 Å². The van der Waals surface area contributed by atoms with Gasteiger partial charge in [-0.05, 0) is 48.1 Å². The van der Waals surface area contributed by atoms with Gasteiger partial charge in [0.15, 0.2) is 0 Å². The summed E-state index contributed by atoms with van der Waals surface area (Å²) in [6.45, 7) is 4.75. The van der Waals surface area contributed by atoms with Crippen molar-refractivity contribution in [3.8, 4) is 11.1 Å². The van der Waals surface area contributed by atoms with Gasteiger partial charge in [-0.2, -0.15) is 0 Å². The Labute approximate surface area is 129 Å². The lowest BCUT2D eigenvalue weighted by molar-refractivity contribution is 0.0764. The van der Waals surface area contributed by atoms with Crippen LogP contribution in [0, 0.1) is 0 Å². The molecule has 1 aromatic heterocycles. The predicted molar refractivity (Wildman–Crippen MR) is 90.0 cm³/mol. The number of nitrogens with one attached hydrogen (secondary N) is 1. The summed E-state index contributed by atoms with van der Waals surface area (Å²) < 4.78 is 5.60. The van der Waals surface area contributed by atoms with Crippen molar-refractivity contribution in [2.75, 3.05) is 6.61 Å². The van der Waals surface area contributed by atoms with Crippen molar-refractivity contribution in [1.29, 1.82) is 0 Å². The molecule has 0 bridgehead atoms. The Kier molecular flexibility index (Phi) is 4.07. The third kappa shape index (κ3) is 2.81. The molecule has 0 aliphatic rings. The molecule has 1 N–H and O–H groups in total. The highest BCUT2D eigenvalue weighted by atomic mass is 16.5. The topological polar surface area (TPSA) is 42.1 Å². The molecule has 3 nitrogen and oxygen atoms in total. The summed E-state index contributed by atoms with van der Waals surface area (Å²) in [5, 5.41) is 1.67. The minimum atomic E-state index is -0.0547. The molecule has 0 aliphatic carbocycles. The van der Waals surface area contributed by atoms with Crippen molar-refractivity contribution in [2.24, 2.45) is 0 Å². The summed E-state index contributed by atoms with van der Waals surface area (Å²) in [5.74, 6) is 0. The smallest absolute Gasteiger partial charge is 0.255 e. The van der Waals surface area contributed by atoms with Crippen molar-refractivity contribution in [3.05, 3.63) is 70.6 Å². The van der Waals surface area contributed by atoms with E-state index in [0.717, 1.165) is 22.1 Å². The highest BCUT2D eigenvalue weighted by Crippen LogP contribution is 2.25. The lowest BCUT2D eigenvalue weighted by Gasteiger charge is -2.12. The average molecular weight is 293 g/mol. The van der Waals surface area contributed by atoms with E-state index in [1.807, 2.05) is 38.1 Å². The summed E-state index contributed by atoms with van der Waals surface area (Å²) in [6.07, 6.45) is 1.77. The maximum atomic E-state index is 11.9. The van der Waals surface area contributed by atoms with Crippen LogP contribution in [0.2, 0.25) is 0 Å². The molecule has 3 aromatic rings. The summed E-state index contributed by atoms with van der Waals surface area (Å²) in [4.78, 5) is 14.6. The second kappa shape index (κ2) is 6.16. The molecular weight excluding hydrogens is 274 g/mol. The summed E-state index contributed by atoms with van der Waals surface area (Å²) in [7, 11) is 0. The van der Waals surface area contributed by atoms with Crippen molar-refractivity contribution in [2.45, 2.75) is 20.0 Å². The van der Waals surface area contributed by atoms with Gasteiger partial charge >= 0.3 is 0 Å². The first-order valence-corrected chi connectivity index (χ1v) is 7.52. The van der Waals surface area contributed by atoms with Crippen molar-refractivity contribution in [3.63, 3.8) is 0 Å². The zero-order valence-electron chi connectivity index (χ0n) is 12.8. The molecule has 0 radical (unpaired) electrons. The maximum absolute atomic E-state index is 11.9. The fraction of sp³-hybridized carbons (Fsp3) is 0.211. The number of pyridine rings is 1. The van der Waals surface area contributed by atoms with E-state index in [1.54, 1.807) is 6.20 Å². The van der Waals surface area contributed by atoms with Crippen LogP contribution in [0.5, 0.6) is 0 Å². The third-order valence-electron chi connectivity index (χ3n) is 3.91. The Morgan fingerprint density at radius 2 is 1.77 bits per heavy atom. The summed E-state index contributed by atoms with van der Waals surface area (Å²) in [6, 6.07) is 16.2. The van der Waals surface area contributed by atoms with Gasteiger partial charge in [0.05, 0.1) is 6.10 Å². The standard InChI is InChI=1S/C19H19NO2/c1-3-22-13(2)14-4-6-15(7-5-14)17-9-8-16-10-11-20-19(21)18(16)12-17/h4-13H,3H2,1-2H3,(H,20,21)/t13-/m0/s1. The van der Waals surface area contributed by atoms with Gasteiger partial charge in [-0.1, -0.05) is 36.4 Å². The molecule has 3 heteroatoms. The SMILES string of the molecule is CCO[C@@H](C)c1ccc(-c2ccc3cc[nH]c(=O)c3c2)cc1. The second-order valence-corrected chi connectivity index (χ2v) is 5.33. The van der Waals surface area contributed by atoms with Crippen LogP contribution >= 0.6 is 0 Å². The molecule has 0 aliphatic heterocycles. The molecule has 0 spiro atoms. The normalized spacial score (nSPS) is 12.5. The van der Waals surface area contributed by atoms with Crippen LogP contribution in [0.3, 0.4) is 0 Å². The minimum Gasteiger partial charge on any atom is -0.374 e. The molecule has 22 heavy (non-hydrogen) atoms. The number of rotatable bonds is 4. The Bertz CT molecular complexity index is 834. The van der Waals surface area contributed by atoms with E-state index < -0.39 is 0 Å². The molecule has 0 fully saturated rings. The molecule has 2 aromatic carbocycles. The molecule has 3 rings (SSSR count). The Balaban J connectivity index is 1.97. The van der Waals surface area contributed by atoms with Gasteiger partial charge in [0.2, 0.25) is 0 Å². The predicted octanol–water partition coefficient (Wildman–Crippen LogP) is 4.29. The highest BCUT2D eigenvalue weighted by Gasteiger charge is 2.06. The lowest BCUT2D eigenvalue weighted by atomic mass is 10.00. The van der Waals surface area contributed by atoms with Crippen LogP contribution in [-0.2, 0) is 4.74 Å². The van der Waals surface area contributed by atoms with Gasteiger partial charge in [-0.3, -0.25) is 4.79 Å². The van der Waals surface area contributed by atoms with Gasteiger partial charge in [-0.25, -0.2) is 0 Å². The monoisotopic (exact) mass is 293 g/mol. The van der Waals surface area contributed by atoms with E-state index in [2.05, 4.69) is 29.2 Å². The van der Waals surface area contributed by atoms with Gasteiger partial charge in [-0.15, -0.1) is 0 Å². The minimum absolute atomic E-state index is 0.0547. The molecule has 0 amide bonds. The highest BCUT2D eigenvalue weighted by molar-refractivity contribution is 5.86. The Morgan fingerprint density at radius 1 is 1.05 bits per heavy atom. The van der Waals surface area contributed by atoms with Crippen LogP contribution in [0.15, 0.2) is 59.5 Å². The number of benzene rings is 2. The van der Waals surface area contributed by atoms with Gasteiger partial charge in [0.1, 0.15) is 0 Å². The molecule has 1 atom stereocenters. The fourth-order valence-corrected chi connectivity index (χ4v) is 2.66. The first-order valence-electron chi connectivity index (χ1n) is 7.52. The molecule has 112 valence electrons. The number of aromatic amines is 1. The molecular formula is C19H19NO2. The first kappa shape index (κ1) is 14.5. The van der Waals surface area contributed by atoms with Gasteiger partial charge in [0, 0.05) is 18.2 Å². The van der Waals surface area contributed by atoms with E-state index >= 15 is 0 Å². The largest absolute Gasteiger partial charge is 0.374 e. The molecule has 1 heterocycles. The summed E-state index contributed by atoms with van der Waals surface area (Å²) in [5.41, 5.74) is 3.24. The first-order chi connectivity index (χ1) is 10.7. The van der Waals surface area contributed by atoms with Crippen LogP contribution in [0.1, 0.15) is 25.5 Å². The zero-order valence-corrected chi connectivity index (χ0v) is 12.8. The Hall–Kier alpha value is -2.39. The Morgan fingerprint density at radius 3 is 2.50 bits per heavy atom.